The second kappa shape index (κ2) is 9.71. The monoisotopic (exact) mass is 312 g/mol. The van der Waals surface area contributed by atoms with Gasteiger partial charge in [0.15, 0.2) is 0 Å². The molecule has 0 fully saturated rings. The average molecular weight is 312 g/mol. The normalized spacial score (nSPS) is 9.57. The fraction of sp³-hybridized carbons (Fsp3) is 0. The van der Waals surface area contributed by atoms with Crippen LogP contribution in [0.25, 0.3) is 12.2 Å². The van der Waals surface area contributed by atoms with E-state index in [1.807, 2.05) is 36.4 Å². The van der Waals surface area contributed by atoms with Crippen LogP contribution >= 0.6 is 0 Å². The van der Waals surface area contributed by atoms with Crippen molar-refractivity contribution in [2.45, 2.75) is 4.90 Å². The molecule has 0 aromatic heterocycles. The summed E-state index contributed by atoms with van der Waals surface area (Å²) in [5.41, 5.74) is 1.98. The number of hydrogen-bond donors (Lipinski definition) is 1. The van der Waals surface area contributed by atoms with Crippen LogP contribution < -0.4 is 0 Å². The molecule has 0 aliphatic rings. The van der Waals surface area contributed by atoms with Crippen LogP contribution in [0.3, 0.4) is 0 Å². The van der Waals surface area contributed by atoms with Crippen molar-refractivity contribution >= 4 is 51.8 Å². The van der Waals surface area contributed by atoms with E-state index in [4.69, 9.17) is 4.55 Å². The van der Waals surface area contributed by atoms with Crippen LogP contribution in [0, 0.1) is 0 Å². The Kier molecular flexibility index (Phi) is 9.17. The van der Waals surface area contributed by atoms with E-state index in [1.54, 1.807) is 18.2 Å². The second-order valence-electron chi connectivity index (χ2n) is 3.86. The predicted octanol–water partition coefficient (Wildman–Crippen LogP) is 3.26. The molecule has 0 heterocycles. The minimum absolute atomic E-state index is 0. The molecule has 5 heteroatoms. The summed E-state index contributed by atoms with van der Waals surface area (Å²) in [4.78, 5) is -0.104. The zero-order valence-corrected chi connectivity index (χ0v) is 11.8. The van der Waals surface area contributed by atoms with Crippen molar-refractivity contribution < 1.29 is 13.0 Å². The van der Waals surface area contributed by atoms with Crippen LogP contribution in [-0.2, 0) is 10.1 Å². The Labute approximate surface area is 148 Å². The van der Waals surface area contributed by atoms with Crippen molar-refractivity contribution in [3.05, 3.63) is 78.9 Å². The molecule has 21 heavy (non-hydrogen) atoms. The van der Waals surface area contributed by atoms with Gasteiger partial charge in [-0.15, -0.1) is 0 Å². The molecule has 0 aliphatic carbocycles. The van der Waals surface area contributed by atoms with Gasteiger partial charge in [0, 0.05) is 0 Å². The summed E-state index contributed by atoms with van der Waals surface area (Å²) in [7, 11) is -4.06. The van der Waals surface area contributed by atoms with Crippen molar-refractivity contribution in [1.29, 1.82) is 0 Å². The molecular weight excluding hydrogens is 295 g/mol. The summed E-state index contributed by atoms with van der Waals surface area (Å²) >= 11 is 0. The van der Waals surface area contributed by atoms with Gasteiger partial charge in [0.1, 0.15) is 0 Å². The third-order valence-corrected chi connectivity index (χ3v) is 3.32. The van der Waals surface area contributed by atoms with Crippen molar-refractivity contribution in [2.75, 3.05) is 0 Å². The number of rotatable bonds is 3. The van der Waals surface area contributed by atoms with Gasteiger partial charge in [-0.25, -0.2) is 0 Å². The van der Waals surface area contributed by atoms with E-state index in [9.17, 15) is 8.42 Å². The van der Waals surface area contributed by atoms with Crippen molar-refractivity contribution in [3.63, 3.8) is 0 Å². The molecule has 0 atom stereocenters. The van der Waals surface area contributed by atoms with Crippen LogP contribution in [0.4, 0.5) is 0 Å². The molecule has 0 saturated carbocycles. The number of benzene rings is 2. The summed E-state index contributed by atoms with van der Waals surface area (Å²) in [5, 5.41) is 0. The van der Waals surface area contributed by atoms with Crippen LogP contribution in [0.15, 0.2) is 72.7 Å². The molecule has 106 valence electrons. The van der Waals surface area contributed by atoms with Gasteiger partial charge >= 0.3 is 29.6 Å². The first-order valence-electron chi connectivity index (χ1n) is 5.85. The quantitative estimate of drug-likeness (QED) is 0.699. The fourth-order valence-electron chi connectivity index (χ4n) is 1.37. The zero-order valence-electron chi connectivity index (χ0n) is 10.9. The van der Waals surface area contributed by atoms with E-state index >= 15 is 0 Å². The maximum atomic E-state index is 10.6. The van der Waals surface area contributed by atoms with Gasteiger partial charge < -0.3 is 0 Å². The first kappa shape index (κ1) is 19.8. The predicted molar refractivity (Wildman–Crippen MR) is 90.0 cm³/mol. The molecule has 0 unspecified atom stereocenters. The van der Waals surface area contributed by atoms with Crippen LogP contribution in [0.1, 0.15) is 11.1 Å². The van der Waals surface area contributed by atoms with Gasteiger partial charge in [-0.3, -0.25) is 4.55 Å². The Morgan fingerprint density at radius 2 is 1.24 bits per heavy atom. The average Bonchev–Trinajstić information content (AvgIpc) is 2.48. The third-order valence-electron chi connectivity index (χ3n) is 2.45. The molecule has 0 bridgehead atoms. The Balaban J connectivity index is 0.000000390. The molecule has 2 aromatic carbocycles. The van der Waals surface area contributed by atoms with Crippen LogP contribution in [0.2, 0.25) is 0 Å². The van der Waals surface area contributed by atoms with E-state index in [0.29, 0.717) is 0 Å². The van der Waals surface area contributed by atoms with Crippen molar-refractivity contribution in [1.82, 2.24) is 0 Å². The van der Waals surface area contributed by atoms with Gasteiger partial charge in [-0.1, -0.05) is 67.8 Å². The summed E-state index contributed by atoms with van der Waals surface area (Å²) in [6.07, 6.45) is 3.42. The second-order valence-corrected chi connectivity index (χ2v) is 5.28. The molecule has 0 aliphatic heterocycles. The topological polar surface area (TPSA) is 54.4 Å². The Hall–Kier alpha value is -1.17. The first-order chi connectivity index (χ1) is 9.47. The zero-order chi connectivity index (χ0) is 15.0. The van der Waals surface area contributed by atoms with E-state index in [-0.39, 0.29) is 34.5 Å². The van der Waals surface area contributed by atoms with Crippen molar-refractivity contribution in [2.24, 2.45) is 0 Å². The van der Waals surface area contributed by atoms with Gasteiger partial charge in [-0.05, 0) is 23.3 Å². The summed E-state index contributed by atoms with van der Waals surface area (Å²) in [6.45, 7) is 7.14. The molecule has 1 N–H and O–H groups in total. The molecule has 3 nitrogen and oxygen atoms in total. The molecule has 0 amide bonds. The Morgan fingerprint density at radius 1 is 0.810 bits per heavy atom. The Morgan fingerprint density at radius 3 is 1.57 bits per heavy atom. The van der Waals surface area contributed by atoms with Gasteiger partial charge in [-0.2, -0.15) is 8.42 Å². The molecule has 0 radical (unpaired) electrons. The maximum absolute atomic E-state index is 10.6. The van der Waals surface area contributed by atoms with E-state index in [2.05, 4.69) is 13.2 Å². The standard InChI is InChI=1S/C8H8O3S.C8H8.Na.H/c1-2-7-3-5-8(6-4-7)12(9,10)11;1-2-8-6-4-3-5-7-8;;/h2-6H,1H2,(H,9,10,11);2-7H,1H2;;. The minimum atomic E-state index is -4.06. The van der Waals surface area contributed by atoms with Crippen molar-refractivity contribution in [3.8, 4) is 0 Å². The van der Waals surface area contributed by atoms with Crippen LogP contribution in [-0.4, -0.2) is 42.5 Å². The van der Waals surface area contributed by atoms with E-state index < -0.39 is 10.1 Å². The first-order valence-corrected chi connectivity index (χ1v) is 7.29. The molecular formula is C16H17NaO3S. The summed E-state index contributed by atoms with van der Waals surface area (Å²) < 4.78 is 29.7. The third kappa shape index (κ3) is 7.41. The molecule has 0 saturated heterocycles. The van der Waals surface area contributed by atoms with E-state index in [0.717, 1.165) is 5.56 Å². The number of hydrogen-bond acceptors (Lipinski definition) is 2. The molecule has 0 spiro atoms. The summed E-state index contributed by atoms with van der Waals surface area (Å²) in [6, 6.07) is 15.8. The SMILES string of the molecule is C=Cc1ccc(S(=O)(=O)O)cc1.C=Cc1ccccc1.[NaH]. The van der Waals surface area contributed by atoms with Gasteiger partial charge in [0.05, 0.1) is 4.90 Å². The van der Waals surface area contributed by atoms with Gasteiger partial charge in [0.25, 0.3) is 10.1 Å². The molecule has 2 aromatic rings. The van der Waals surface area contributed by atoms with E-state index in [1.165, 1.54) is 17.7 Å². The molecule has 2 rings (SSSR count). The van der Waals surface area contributed by atoms with Gasteiger partial charge in [0.2, 0.25) is 0 Å². The fourth-order valence-corrected chi connectivity index (χ4v) is 1.85. The van der Waals surface area contributed by atoms with Crippen LogP contribution in [0.5, 0.6) is 0 Å². The summed E-state index contributed by atoms with van der Waals surface area (Å²) in [5.74, 6) is 0. The Bertz CT molecular complexity index is 662.